The summed E-state index contributed by atoms with van der Waals surface area (Å²) >= 11 is 5.87. The number of halogens is 2. The molecule has 28 heavy (non-hydrogen) atoms. The Kier molecular flexibility index (Phi) is 5.96. The van der Waals surface area contributed by atoms with Crippen LogP contribution >= 0.6 is 11.6 Å². The first-order valence-corrected chi connectivity index (χ1v) is 8.93. The van der Waals surface area contributed by atoms with Crippen LogP contribution in [0.5, 0.6) is 0 Å². The standard InChI is InChI=1S/C20H17ClFN3O3/c1-12(11-26)7-19(27)16-9-18(17-6-5-13(21)10-23-17)24-25(20(16)28)15-4-2-3-14(22)8-15/h2-6,8-10,12,26H,7,11H2,1H3/t12-/m1/s1. The maximum absolute atomic E-state index is 13.7. The first kappa shape index (κ1) is 19.9. The molecule has 1 N–H and O–H groups in total. The second kappa shape index (κ2) is 8.41. The molecule has 6 nitrogen and oxygen atoms in total. The van der Waals surface area contributed by atoms with E-state index in [1.807, 2.05) is 0 Å². The number of nitrogens with zero attached hydrogens (tertiary/aromatic N) is 3. The summed E-state index contributed by atoms with van der Waals surface area (Å²) in [6, 6.07) is 9.93. The third-order valence-electron chi connectivity index (χ3n) is 4.10. The molecule has 0 spiro atoms. The average molecular weight is 402 g/mol. The number of pyridine rings is 1. The van der Waals surface area contributed by atoms with E-state index in [2.05, 4.69) is 10.1 Å². The Labute approximate surface area is 165 Å². The number of carbonyl (C=O) groups is 1. The van der Waals surface area contributed by atoms with Crippen LogP contribution < -0.4 is 5.56 Å². The highest BCUT2D eigenvalue weighted by atomic mass is 35.5. The molecular formula is C20H17ClFN3O3. The van der Waals surface area contributed by atoms with Crippen molar-refractivity contribution < 1.29 is 14.3 Å². The van der Waals surface area contributed by atoms with Gasteiger partial charge in [-0.1, -0.05) is 24.6 Å². The fourth-order valence-corrected chi connectivity index (χ4v) is 2.73. The zero-order valence-electron chi connectivity index (χ0n) is 15.0. The lowest BCUT2D eigenvalue weighted by molar-refractivity contribution is 0.0941. The molecule has 0 radical (unpaired) electrons. The van der Waals surface area contributed by atoms with Crippen molar-refractivity contribution in [3.8, 4) is 17.1 Å². The topological polar surface area (TPSA) is 85.1 Å². The van der Waals surface area contributed by atoms with Crippen molar-refractivity contribution in [2.45, 2.75) is 13.3 Å². The number of hydrogen-bond acceptors (Lipinski definition) is 5. The van der Waals surface area contributed by atoms with Crippen LogP contribution in [0.3, 0.4) is 0 Å². The summed E-state index contributed by atoms with van der Waals surface area (Å²) in [4.78, 5) is 29.7. The maximum atomic E-state index is 13.7. The second-order valence-electron chi connectivity index (χ2n) is 6.42. The van der Waals surface area contributed by atoms with E-state index in [-0.39, 0.29) is 35.9 Å². The maximum Gasteiger partial charge on any atom is 0.282 e. The molecule has 0 saturated carbocycles. The number of aromatic nitrogens is 3. The third kappa shape index (κ3) is 4.32. The van der Waals surface area contributed by atoms with E-state index in [0.717, 1.165) is 10.7 Å². The summed E-state index contributed by atoms with van der Waals surface area (Å²) in [7, 11) is 0. The van der Waals surface area contributed by atoms with Crippen LogP contribution in [0.25, 0.3) is 17.1 Å². The molecule has 1 atom stereocenters. The third-order valence-corrected chi connectivity index (χ3v) is 4.32. The molecule has 0 fully saturated rings. The van der Waals surface area contributed by atoms with Crippen LogP contribution in [0.2, 0.25) is 5.02 Å². The fourth-order valence-electron chi connectivity index (χ4n) is 2.62. The Bertz CT molecular complexity index is 1070. The first-order chi connectivity index (χ1) is 13.4. The number of aliphatic hydroxyl groups is 1. The average Bonchev–Trinajstić information content (AvgIpc) is 2.68. The van der Waals surface area contributed by atoms with Gasteiger partial charge in [-0.15, -0.1) is 0 Å². The highest BCUT2D eigenvalue weighted by Crippen LogP contribution is 2.19. The van der Waals surface area contributed by atoms with Gasteiger partial charge in [-0.2, -0.15) is 9.78 Å². The molecule has 0 aliphatic carbocycles. The molecule has 0 aliphatic rings. The van der Waals surface area contributed by atoms with Crippen molar-refractivity contribution in [2.75, 3.05) is 6.61 Å². The monoisotopic (exact) mass is 401 g/mol. The number of Topliss-reactive ketones (excluding diaryl/α,β-unsaturated/α-hetero) is 1. The van der Waals surface area contributed by atoms with Gasteiger partial charge in [0.1, 0.15) is 11.5 Å². The van der Waals surface area contributed by atoms with Crippen molar-refractivity contribution in [2.24, 2.45) is 5.92 Å². The molecule has 3 aromatic rings. The van der Waals surface area contributed by atoms with Crippen molar-refractivity contribution in [3.05, 3.63) is 75.4 Å². The number of benzene rings is 1. The largest absolute Gasteiger partial charge is 0.396 e. The van der Waals surface area contributed by atoms with E-state index in [0.29, 0.717) is 10.7 Å². The van der Waals surface area contributed by atoms with Crippen LogP contribution in [0.15, 0.2) is 53.5 Å². The van der Waals surface area contributed by atoms with Crippen molar-refractivity contribution in [3.63, 3.8) is 0 Å². The van der Waals surface area contributed by atoms with Crippen LogP contribution in [0.1, 0.15) is 23.7 Å². The molecule has 3 rings (SSSR count). The predicted octanol–water partition coefficient (Wildman–Crippen LogP) is 3.29. The number of aliphatic hydroxyl groups excluding tert-OH is 1. The Morgan fingerprint density at radius 1 is 1.25 bits per heavy atom. The molecule has 144 valence electrons. The molecule has 0 bridgehead atoms. The SMILES string of the molecule is C[C@@H](CO)CC(=O)c1cc(-c2ccc(Cl)cn2)nn(-c2cccc(F)c2)c1=O. The van der Waals surface area contributed by atoms with Gasteiger partial charge in [-0.05, 0) is 42.3 Å². The lowest BCUT2D eigenvalue weighted by Crippen LogP contribution is -2.28. The van der Waals surface area contributed by atoms with E-state index in [1.54, 1.807) is 19.1 Å². The lowest BCUT2D eigenvalue weighted by Gasteiger charge is -2.11. The summed E-state index contributed by atoms with van der Waals surface area (Å²) < 4.78 is 14.6. The molecule has 2 heterocycles. The fraction of sp³-hybridized carbons (Fsp3) is 0.200. The Balaban J connectivity index is 2.19. The summed E-state index contributed by atoms with van der Waals surface area (Å²) in [6.07, 6.45) is 1.41. The van der Waals surface area contributed by atoms with E-state index in [1.165, 1.54) is 30.5 Å². The summed E-state index contributed by atoms with van der Waals surface area (Å²) in [5, 5.41) is 13.9. The summed E-state index contributed by atoms with van der Waals surface area (Å²) in [5.41, 5.74) is 0.0779. The van der Waals surface area contributed by atoms with Gasteiger partial charge in [0.25, 0.3) is 5.56 Å². The Morgan fingerprint density at radius 3 is 2.68 bits per heavy atom. The first-order valence-electron chi connectivity index (χ1n) is 8.55. The van der Waals surface area contributed by atoms with Crippen molar-refractivity contribution >= 4 is 17.4 Å². The molecule has 0 saturated heterocycles. The second-order valence-corrected chi connectivity index (χ2v) is 6.85. The minimum atomic E-state index is -0.668. The summed E-state index contributed by atoms with van der Waals surface area (Å²) in [5.74, 6) is -1.28. The molecule has 0 amide bonds. The molecule has 1 aromatic carbocycles. The quantitative estimate of drug-likeness (QED) is 0.640. The van der Waals surface area contributed by atoms with Crippen LogP contribution in [-0.2, 0) is 0 Å². The summed E-state index contributed by atoms with van der Waals surface area (Å²) in [6.45, 7) is 1.52. The Hall–Kier alpha value is -2.90. The minimum Gasteiger partial charge on any atom is -0.396 e. The van der Waals surface area contributed by atoms with Crippen LogP contribution in [0, 0.1) is 11.7 Å². The van der Waals surface area contributed by atoms with Crippen LogP contribution in [-0.4, -0.2) is 32.3 Å². The molecular weight excluding hydrogens is 385 g/mol. The van der Waals surface area contributed by atoms with Gasteiger partial charge in [-0.3, -0.25) is 14.6 Å². The zero-order valence-corrected chi connectivity index (χ0v) is 15.7. The highest BCUT2D eigenvalue weighted by molar-refractivity contribution is 6.30. The normalized spacial score (nSPS) is 12.0. The lowest BCUT2D eigenvalue weighted by atomic mass is 10.0. The molecule has 0 aliphatic heterocycles. The van der Waals surface area contributed by atoms with Crippen molar-refractivity contribution in [1.82, 2.24) is 14.8 Å². The van der Waals surface area contributed by atoms with Gasteiger partial charge in [0.2, 0.25) is 0 Å². The zero-order chi connectivity index (χ0) is 20.3. The van der Waals surface area contributed by atoms with Gasteiger partial charge in [-0.25, -0.2) is 4.39 Å². The van der Waals surface area contributed by atoms with Gasteiger partial charge in [0.05, 0.1) is 22.0 Å². The highest BCUT2D eigenvalue weighted by Gasteiger charge is 2.19. The van der Waals surface area contributed by atoms with Gasteiger partial charge < -0.3 is 5.11 Å². The minimum absolute atomic E-state index is 0.00755. The van der Waals surface area contributed by atoms with Gasteiger partial charge in [0.15, 0.2) is 5.78 Å². The van der Waals surface area contributed by atoms with E-state index in [4.69, 9.17) is 11.6 Å². The smallest absolute Gasteiger partial charge is 0.282 e. The molecule has 8 heteroatoms. The van der Waals surface area contributed by atoms with Gasteiger partial charge >= 0.3 is 0 Å². The molecule has 2 aromatic heterocycles. The van der Waals surface area contributed by atoms with E-state index < -0.39 is 17.2 Å². The number of rotatable bonds is 6. The van der Waals surface area contributed by atoms with Gasteiger partial charge in [0, 0.05) is 19.2 Å². The van der Waals surface area contributed by atoms with E-state index in [9.17, 15) is 19.1 Å². The number of carbonyl (C=O) groups excluding carboxylic acids is 1. The van der Waals surface area contributed by atoms with Crippen LogP contribution in [0.4, 0.5) is 4.39 Å². The number of hydrogen-bond donors (Lipinski definition) is 1. The van der Waals surface area contributed by atoms with E-state index >= 15 is 0 Å². The van der Waals surface area contributed by atoms with Crippen molar-refractivity contribution in [1.29, 1.82) is 0 Å². The molecule has 0 unspecified atom stereocenters. The predicted molar refractivity (Wildman–Crippen MR) is 103 cm³/mol. The Morgan fingerprint density at radius 2 is 2.04 bits per heavy atom. The number of ketones is 1.